The van der Waals surface area contributed by atoms with Crippen molar-refractivity contribution in [2.45, 2.75) is 31.2 Å². The number of nitrogens with one attached hydrogen (secondary N) is 1. The van der Waals surface area contributed by atoms with Crippen LogP contribution < -0.4 is 11.1 Å². The number of nitrogens with zero attached hydrogens (tertiary/aromatic N) is 1. The number of carbonyl (C=O) groups excluding carboxylic acids is 1. The van der Waals surface area contributed by atoms with Crippen molar-refractivity contribution in [3.63, 3.8) is 0 Å². The Bertz CT molecular complexity index is 625. The Morgan fingerprint density at radius 1 is 1.45 bits per heavy atom. The number of amides is 1. The molecule has 0 aliphatic carbocycles. The number of anilines is 2. The van der Waals surface area contributed by atoms with Crippen molar-refractivity contribution in [2.24, 2.45) is 0 Å². The summed E-state index contributed by atoms with van der Waals surface area (Å²) in [5.74, 6) is -0.0984. The summed E-state index contributed by atoms with van der Waals surface area (Å²) in [5, 5.41) is 3.08. The van der Waals surface area contributed by atoms with E-state index in [9.17, 15) is 4.79 Å². The van der Waals surface area contributed by atoms with Gasteiger partial charge in [-0.15, -0.1) is 0 Å². The summed E-state index contributed by atoms with van der Waals surface area (Å²) in [6.07, 6.45) is 1.57. The standard InChI is InChI=1S/C14H17N3O2S/c1-8-6-11(15)4-5-12(8)17-13(18)10(3)20-14-16-9(2)7-19-14/h4-7,10H,15H2,1-3H3,(H,17,18). The van der Waals surface area contributed by atoms with Crippen molar-refractivity contribution >= 4 is 29.0 Å². The number of thioether (sulfide) groups is 1. The van der Waals surface area contributed by atoms with Gasteiger partial charge in [0.1, 0.15) is 6.26 Å². The van der Waals surface area contributed by atoms with Gasteiger partial charge in [-0.1, -0.05) is 11.8 Å². The number of rotatable bonds is 4. The number of hydrogen-bond acceptors (Lipinski definition) is 5. The van der Waals surface area contributed by atoms with Crippen molar-refractivity contribution in [3.8, 4) is 0 Å². The summed E-state index contributed by atoms with van der Waals surface area (Å²) < 4.78 is 5.23. The largest absolute Gasteiger partial charge is 0.440 e. The van der Waals surface area contributed by atoms with E-state index in [0.29, 0.717) is 10.9 Å². The third-order valence-corrected chi connectivity index (χ3v) is 3.71. The average Bonchev–Trinajstić information content (AvgIpc) is 2.78. The highest BCUT2D eigenvalue weighted by atomic mass is 32.2. The lowest BCUT2D eigenvalue weighted by atomic mass is 10.2. The van der Waals surface area contributed by atoms with Gasteiger partial charge in [0, 0.05) is 11.4 Å². The van der Waals surface area contributed by atoms with E-state index in [1.807, 2.05) is 26.8 Å². The van der Waals surface area contributed by atoms with E-state index in [0.717, 1.165) is 16.9 Å². The fraction of sp³-hybridized carbons (Fsp3) is 0.286. The van der Waals surface area contributed by atoms with E-state index < -0.39 is 0 Å². The van der Waals surface area contributed by atoms with Crippen LogP contribution in [0.25, 0.3) is 0 Å². The fourth-order valence-electron chi connectivity index (χ4n) is 1.65. The Kier molecular flexibility index (Phi) is 4.34. The quantitative estimate of drug-likeness (QED) is 0.668. The van der Waals surface area contributed by atoms with Crippen LogP contribution in [0.15, 0.2) is 34.1 Å². The maximum absolute atomic E-state index is 12.1. The van der Waals surface area contributed by atoms with Gasteiger partial charge in [0.15, 0.2) is 0 Å². The van der Waals surface area contributed by atoms with Crippen LogP contribution in [0, 0.1) is 13.8 Å². The van der Waals surface area contributed by atoms with Crippen molar-refractivity contribution < 1.29 is 9.21 Å². The molecule has 2 aromatic rings. The summed E-state index contributed by atoms with van der Waals surface area (Å²) >= 11 is 1.29. The van der Waals surface area contributed by atoms with Crippen LogP contribution in [0.1, 0.15) is 18.2 Å². The van der Waals surface area contributed by atoms with E-state index >= 15 is 0 Å². The summed E-state index contributed by atoms with van der Waals surface area (Å²) in [5.41, 5.74) is 8.86. The van der Waals surface area contributed by atoms with Crippen molar-refractivity contribution in [1.82, 2.24) is 4.98 Å². The molecule has 1 amide bonds. The van der Waals surface area contributed by atoms with Gasteiger partial charge in [-0.05, 0) is 44.5 Å². The molecule has 2 rings (SSSR count). The van der Waals surface area contributed by atoms with Gasteiger partial charge in [0.2, 0.25) is 5.91 Å². The summed E-state index contributed by atoms with van der Waals surface area (Å²) in [6, 6.07) is 5.39. The minimum Gasteiger partial charge on any atom is -0.440 e. The number of nitrogen functional groups attached to an aromatic ring is 1. The highest BCUT2D eigenvalue weighted by molar-refractivity contribution is 8.00. The first-order valence-corrected chi connectivity index (χ1v) is 7.09. The lowest BCUT2D eigenvalue weighted by Gasteiger charge is -2.12. The van der Waals surface area contributed by atoms with E-state index in [1.165, 1.54) is 11.8 Å². The normalized spacial score (nSPS) is 12.2. The third-order valence-electron chi connectivity index (χ3n) is 2.75. The molecule has 0 fully saturated rings. The van der Waals surface area contributed by atoms with E-state index in [1.54, 1.807) is 18.4 Å². The Hall–Kier alpha value is -1.95. The van der Waals surface area contributed by atoms with Crippen LogP contribution in [0.4, 0.5) is 11.4 Å². The molecule has 1 unspecified atom stereocenters. The molecule has 1 aromatic heterocycles. The van der Waals surface area contributed by atoms with Gasteiger partial charge >= 0.3 is 0 Å². The predicted molar refractivity (Wildman–Crippen MR) is 80.8 cm³/mol. The van der Waals surface area contributed by atoms with Crippen molar-refractivity contribution in [2.75, 3.05) is 11.1 Å². The molecule has 0 spiro atoms. The second kappa shape index (κ2) is 6.00. The van der Waals surface area contributed by atoms with Crippen LogP contribution in [0.3, 0.4) is 0 Å². The summed E-state index contributed by atoms with van der Waals surface area (Å²) in [7, 11) is 0. The lowest BCUT2D eigenvalue weighted by molar-refractivity contribution is -0.115. The fourth-order valence-corrected chi connectivity index (χ4v) is 2.42. The molecule has 1 aromatic carbocycles. The summed E-state index contributed by atoms with van der Waals surface area (Å²) in [4.78, 5) is 16.3. The van der Waals surface area contributed by atoms with Crippen LogP contribution in [0.5, 0.6) is 0 Å². The lowest BCUT2D eigenvalue weighted by Crippen LogP contribution is -2.22. The zero-order valence-electron chi connectivity index (χ0n) is 11.6. The Labute approximate surface area is 122 Å². The number of benzene rings is 1. The first-order chi connectivity index (χ1) is 9.45. The van der Waals surface area contributed by atoms with Gasteiger partial charge in [-0.2, -0.15) is 0 Å². The summed E-state index contributed by atoms with van der Waals surface area (Å²) in [6.45, 7) is 5.56. The van der Waals surface area contributed by atoms with Crippen LogP contribution >= 0.6 is 11.8 Å². The zero-order chi connectivity index (χ0) is 14.7. The van der Waals surface area contributed by atoms with Crippen LogP contribution in [0.2, 0.25) is 0 Å². The maximum Gasteiger partial charge on any atom is 0.256 e. The SMILES string of the molecule is Cc1coc(SC(C)C(=O)Nc2ccc(N)cc2C)n1. The molecule has 0 bridgehead atoms. The van der Waals surface area contributed by atoms with Crippen LogP contribution in [-0.4, -0.2) is 16.1 Å². The molecule has 0 saturated carbocycles. The first-order valence-electron chi connectivity index (χ1n) is 6.21. The average molecular weight is 291 g/mol. The number of hydrogen-bond donors (Lipinski definition) is 2. The second-order valence-corrected chi connectivity index (χ2v) is 5.87. The van der Waals surface area contributed by atoms with Crippen molar-refractivity contribution in [1.29, 1.82) is 0 Å². The number of carbonyl (C=O) groups is 1. The number of aryl methyl sites for hydroxylation is 2. The van der Waals surface area contributed by atoms with Gasteiger partial charge in [0.25, 0.3) is 5.22 Å². The molecule has 0 aliphatic heterocycles. The minimum atomic E-state index is -0.301. The van der Waals surface area contributed by atoms with E-state index in [-0.39, 0.29) is 11.2 Å². The zero-order valence-corrected chi connectivity index (χ0v) is 12.5. The molecule has 0 radical (unpaired) electrons. The molecule has 3 N–H and O–H groups in total. The van der Waals surface area contributed by atoms with E-state index in [2.05, 4.69) is 10.3 Å². The van der Waals surface area contributed by atoms with Crippen LogP contribution in [-0.2, 0) is 4.79 Å². The van der Waals surface area contributed by atoms with Gasteiger partial charge in [-0.25, -0.2) is 4.98 Å². The minimum absolute atomic E-state index is 0.0984. The Morgan fingerprint density at radius 3 is 2.80 bits per heavy atom. The second-order valence-electron chi connectivity index (χ2n) is 4.58. The molecule has 1 heterocycles. The number of oxazole rings is 1. The highest BCUT2D eigenvalue weighted by Crippen LogP contribution is 2.24. The molecular weight excluding hydrogens is 274 g/mol. The smallest absolute Gasteiger partial charge is 0.256 e. The molecule has 1 atom stereocenters. The Morgan fingerprint density at radius 2 is 2.20 bits per heavy atom. The topological polar surface area (TPSA) is 81.2 Å². The first kappa shape index (κ1) is 14.5. The molecule has 106 valence electrons. The molecule has 5 nitrogen and oxygen atoms in total. The van der Waals surface area contributed by atoms with Gasteiger partial charge in [0.05, 0.1) is 10.9 Å². The predicted octanol–water partition coefficient (Wildman–Crippen LogP) is 2.99. The maximum atomic E-state index is 12.1. The van der Waals surface area contributed by atoms with Gasteiger partial charge < -0.3 is 15.5 Å². The highest BCUT2D eigenvalue weighted by Gasteiger charge is 2.17. The number of nitrogens with two attached hydrogens (primary N) is 1. The van der Waals surface area contributed by atoms with E-state index in [4.69, 9.17) is 10.2 Å². The third kappa shape index (κ3) is 3.54. The monoisotopic (exact) mass is 291 g/mol. The molecule has 0 saturated heterocycles. The van der Waals surface area contributed by atoms with Crippen molar-refractivity contribution in [3.05, 3.63) is 35.7 Å². The Balaban J connectivity index is 2.00. The molecule has 20 heavy (non-hydrogen) atoms. The number of aromatic nitrogens is 1. The molecule has 6 heteroatoms. The molecule has 0 aliphatic rings. The molecular formula is C14H17N3O2S. The van der Waals surface area contributed by atoms with Gasteiger partial charge in [-0.3, -0.25) is 4.79 Å².